The third-order valence-corrected chi connectivity index (χ3v) is 9.12. The van der Waals surface area contributed by atoms with Crippen LogP contribution in [-0.4, -0.2) is 62.0 Å². The summed E-state index contributed by atoms with van der Waals surface area (Å²) in [6.45, 7) is -0.0401. The number of halogens is 12. The molecule has 6 nitrogen and oxygen atoms in total. The van der Waals surface area contributed by atoms with Crippen LogP contribution in [0.15, 0.2) is 47.4 Å². The Labute approximate surface area is 236 Å². The third-order valence-electron chi connectivity index (χ3n) is 7.11. The van der Waals surface area contributed by atoms with Gasteiger partial charge in [-0.15, -0.1) is 0 Å². The standard InChI is InChI=1S/C24H23F12N3O3S/c1-13-12-38(8-9-39(13)43(41,42)16-5-3-4-14(10-16)19(2,40)22(28,29)30)18-7-6-15(11-17(18)21(25,26)27)20(37,23(31,32)33)24(34,35)36/h3-7,10-11,13,40H,8-9,12,37H2,1-2H3/t13-,19?/m1/s1. The van der Waals surface area contributed by atoms with Crippen LogP contribution in [0.2, 0.25) is 0 Å². The lowest BCUT2D eigenvalue weighted by atomic mass is 9.87. The average Bonchev–Trinajstić information content (AvgIpc) is 2.85. The number of rotatable bonds is 5. The number of piperazine rings is 1. The average molecular weight is 662 g/mol. The molecule has 1 saturated heterocycles. The number of nitrogens with two attached hydrogens (primary N) is 1. The summed E-state index contributed by atoms with van der Waals surface area (Å²) < 4.78 is 189. The number of alkyl halides is 12. The van der Waals surface area contributed by atoms with Crippen LogP contribution in [0.5, 0.6) is 0 Å². The number of nitrogens with zero attached hydrogens (tertiary/aromatic N) is 2. The van der Waals surface area contributed by atoms with E-state index in [-0.39, 0.29) is 12.1 Å². The fraction of sp³-hybridized carbons (Fsp3) is 0.500. The Morgan fingerprint density at radius 1 is 0.814 bits per heavy atom. The van der Waals surface area contributed by atoms with Crippen LogP contribution >= 0.6 is 0 Å². The molecular weight excluding hydrogens is 638 g/mol. The van der Waals surface area contributed by atoms with Crippen LogP contribution in [0.3, 0.4) is 0 Å². The Morgan fingerprint density at radius 3 is 1.84 bits per heavy atom. The van der Waals surface area contributed by atoms with E-state index in [4.69, 9.17) is 0 Å². The van der Waals surface area contributed by atoms with Crippen molar-refractivity contribution in [2.45, 2.75) is 60.6 Å². The van der Waals surface area contributed by atoms with E-state index in [1.807, 2.05) is 0 Å². The molecule has 0 saturated carbocycles. The normalized spacial score (nSPS) is 19.8. The molecule has 3 N–H and O–H groups in total. The Kier molecular flexibility index (Phi) is 8.63. The summed E-state index contributed by atoms with van der Waals surface area (Å²) >= 11 is 0. The molecule has 2 aromatic rings. The molecule has 0 bridgehead atoms. The summed E-state index contributed by atoms with van der Waals surface area (Å²) in [4.78, 5) is 0.224. The minimum atomic E-state index is -6.23. The van der Waals surface area contributed by atoms with Gasteiger partial charge in [0, 0.05) is 31.4 Å². The van der Waals surface area contributed by atoms with Crippen molar-refractivity contribution in [1.82, 2.24) is 4.31 Å². The largest absolute Gasteiger partial charge is 0.421 e. The minimum Gasteiger partial charge on any atom is -0.376 e. The second kappa shape index (κ2) is 10.7. The molecule has 0 amide bonds. The number of anilines is 1. The SMILES string of the molecule is C[C@@H]1CN(c2ccc(C(N)(C(F)(F)F)C(F)(F)F)cc2C(F)(F)F)CCN1S(=O)(=O)c1cccc(C(C)(O)C(F)(F)F)c1. The van der Waals surface area contributed by atoms with E-state index >= 15 is 0 Å². The van der Waals surface area contributed by atoms with Gasteiger partial charge in [0.05, 0.1) is 10.5 Å². The molecule has 0 aliphatic carbocycles. The molecule has 0 aromatic heterocycles. The molecule has 1 unspecified atom stereocenters. The Balaban J connectivity index is 1.99. The second-order valence-electron chi connectivity index (χ2n) is 10.0. The third kappa shape index (κ3) is 6.12. The number of aliphatic hydroxyl groups is 1. The van der Waals surface area contributed by atoms with Gasteiger partial charge in [-0.2, -0.15) is 57.0 Å². The molecule has 0 radical (unpaired) electrons. The zero-order valence-electron chi connectivity index (χ0n) is 21.9. The van der Waals surface area contributed by atoms with Gasteiger partial charge in [0.25, 0.3) is 0 Å². The van der Waals surface area contributed by atoms with Crippen molar-refractivity contribution in [2.75, 3.05) is 24.5 Å². The lowest BCUT2D eigenvalue weighted by molar-refractivity contribution is -0.302. The monoisotopic (exact) mass is 661 g/mol. The Bertz CT molecular complexity index is 1440. The zero-order chi connectivity index (χ0) is 33.2. The summed E-state index contributed by atoms with van der Waals surface area (Å²) in [5.41, 5.74) is -9.40. The maximum absolute atomic E-state index is 13.9. The molecule has 19 heteroatoms. The Hall–Kier alpha value is -2.77. The lowest BCUT2D eigenvalue weighted by Gasteiger charge is -2.41. The van der Waals surface area contributed by atoms with Crippen LogP contribution in [0, 0.1) is 0 Å². The second-order valence-corrected chi connectivity index (χ2v) is 11.9. The van der Waals surface area contributed by atoms with Gasteiger partial charge in [-0.3, -0.25) is 0 Å². The van der Waals surface area contributed by atoms with E-state index in [1.165, 1.54) is 6.92 Å². The van der Waals surface area contributed by atoms with Crippen molar-refractivity contribution >= 4 is 15.7 Å². The summed E-state index contributed by atoms with van der Waals surface area (Å²) in [7, 11) is -4.60. The number of sulfonamides is 1. The Morgan fingerprint density at radius 2 is 1.37 bits per heavy atom. The lowest BCUT2D eigenvalue weighted by Crippen LogP contribution is -2.60. The van der Waals surface area contributed by atoms with E-state index in [0.717, 1.165) is 27.4 Å². The van der Waals surface area contributed by atoms with Crippen molar-refractivity contribution in [3.8, 4) is 0 Å². The molecule has 1 heterocycles. The fourth-order valence-electron chi connectivity index (χ4n) is 4.55. The van der Waals surface area contributed by atoms with Crippen LogP contribution in [0.25, 0.3) is 0 Å². The minimum absolute atomic E-state index is 0.150. The summed E-state index contributed by atoms with van der Waals surface area (Å²) in [6.07, 6.45) is -23.1. The van der Waals surface area contributed by atoms with Crippen molar-refractivity contribution in [3.63, 3.8) is 0 Å². The van der Waals surface area contributed by atoms with Crippen molar-refractivity contribution in [1.29, 1.82) is 0 Å². The van der Waals surface area contributed by atoms with Gasteiger partial charge in [0.1, 0.15) is 0 Å². The molecule has 43 heavy (non-hydrogen) atoms. The smallest absolute Gasteiger partial charge is 0.376 e. The van der Waals surface area contributed by atoms with Gasteiger partial charge < -0.3 is 15.7 Å². The maximum Gasteiger partial charge on any atom is 0.421 e. The highest BCUT2D eigenvalue weighted by Gasteiger charge is 2.69. The molecule has 0 spiro atoms. The highest BCUT2D eigenvalue weighted by Crippen LogP contribution is 2.50. The van der Waals surface area contributed by atoms with Gasteiger partial charge in [-0.1, -0.05) is 18.2 Å². The first-order chi connectivity index (χ1) is 19.2. The first kappa shape index (κ1) is 34.7. The number of hydrogen-bond donors (Lipinski definition) is 2. The highest BCUT2D eigenvalue weighted by molar-refractivity contribution is 7.89. The van der Waals surface area contributed by atoms with E-state index in [0.29, 0.717) is 19.1 Å². The van der Waals surface area contributed by atoms with E-state index in [9.17, 15) is 66.2 Å². The van der Waals surface area contributed by atoms with Gasteiger partial charge in [-0.25, -0.2) is 8.42 Å². The van der Waals surface area contributed by atoms with Gasteiger partial charge >= 0.3 is 24.7 Å². The molecule has 1 aliphatic rings. The molecule has 2 atom stereocenters. The van der Waals surface area contributed by atoms with Crippen molar-refractivity contribution < 1.29 is 66.2 Å². The van der Waals surface area contributed by atoms with E-state index in [2.05, 4.69) is 5.73 Å². The molecule has 2 aromatic carbocycles. The molecule has 1 fully saturated rings. The van der Waals surface area contributed by atoms with Crippen molar-refractivity contribution in [2.24, 2.45) is 5.73 Å². The van der Waals surface area contributed by atoms with Gasteiger partial charge in [-0.05, 0) is 49.2 Å². The first-order valence-corrected chi connectivity index (χ1v) is 13.4. The van der Waals surface area contributed by atoms with Crippen LogP contribution in [0.4, 0.5) is 58.4 Å². The first-order valence-electron chi connectivity index (χ1n) is 12.0. The van der Waals surface area contributed by atoms with Gasteiger partial charge in [0.15, 0.2) is 5.60 Å². The zero-order valence-corrected chi connectivity index (χ0v) is 22.7. The predicted octanol–water partition coefficient (Wildman–Crippen LogP) is 5.65. The maximum atomic E-state index is 13.9. The highest BCUT2D eigenvalue weighted by atomic mass is 32.2. The number of hydrogen-bond acceptors (Lipinski definition) is 5. The number of benzene rings is 2. The topological polar surface area (TPSA) is 86.9 Å². The predicted molar refractivity (Wildman–Crippen MR) is 127 cm³/mol. The van der Waals surface area contributed by atoms with Crippen molar-refractivity contribution in [3.05, 3.63) is 59.2 Å². The summed E-state index contributed by atoms with van der Waals surface area (Å²) in [5, 5.41) is 9.92. The summed E-state index contributed by atoms with van der Waals surface area (Å²) in [5.74, 6) is 0. The van der Waals surface area contributed by atoms with Gasteiger partial charge in [0.2, 0.25) is 15.6 Å². The fourth-order valence-corrected chi connectivity index (χ4v) is 6.21. The van der Waals surface area contributed by atoms with Crippen LogP contribution < -0.4 is 10.6 Å². The van der Waals surface area contributed by atoms with E-state index < -0.39 is 98.8 Å². The molecule has 242 valence electrons. The quantitative estimate of drug-likeness (QED) is 0.405. The molecular formula is C24H23F12N3O3S. The van der Waals surface area contributed by atoms with Crippen LogP contribution in [0.1, 0.15) is 30.5 Å². The molecule has 3 rings (SSSR count). The summed E-state index contributed by atoms with van der Waals surface area (Å²) in [6, 6.07) is 2.28. The molecule has 1 aliphatic heterocycles. The van der Waals surface area contributed by atoms with Crippen LogP contribution in [-0.2, 0) is 27.3 Å². The van der Waals surface area contributed by atoms with E-state index in [1.54, 1.807) is 0 Å².